The molecule has 1 saturated carbocycles. The van der Waals surface area contributed by atoms with Gasteiger partial charge in [-0.05, 0) is 37.8 Å². The standard InChI is InChI=1S/C13H18N4O3/c1-20-13(19)8-2-4-9(5-3-8)15-11-7-6-10(12(14)18)16-17-11/h6-9H,2-5H2,1H3,(H2,14,18)(H,15,17). The Hall–Kier alpha value is -2.18. The first-order valence-electron chi connectivity index (χ1n) is 6.58. The molecule has 0 aliphatic heterocycles. The second kappa shape index (κ2) is 6.31. The minimum Gasteiger partial charge on any atom is -0.469 e. The fourth-order valence-corrected chi connectivity index (χ4v) is 2.39. The van der Waals surface area contributed by atoms with E-state index in [-0.39, 0.29) is 23.6 Å². The summed E-state index contributed by atoms with van der Waals surface area (Å²) >= 11 is 0. The molecule has 0 radical (unpaired) electrons. The lowest BCUT2D eigenvalue weighted by Crippen LogP contribution is -2.30. The van der Waals surface area contributed by atoms with Crippen molar-refractivity contribution in [2.24, 2.45) is 11.7 Å². The molecule has 1 aliphatic carbocycles. The molecule has 0 atom stereocenters. The second-order valence-corrected chi connectivity index (χ2v) is 4.88. The Bertz CT molecular complexity index is 481. The number of ether oxygens (including phenoxy) is 1. The van der Waals surface area contributed by atoms with Crippen molar-refractivity contribution in [1.29, 1.82) is 0 Å². The minimum atomic E-state index is -0.595. The maximum Gasteiger partial charge on any atom is 0.308 e. The molecule has 0 spiro atoms. The van der Waals surface area contributed by atoms with E-state index < -0.39 is 5.91 Å². The van der Waals surface area contributed by atoms with Gasteiger partial charge in [-0.15, -0.1) is 10.2 Å². The van der Waals surface area contributed by atoms with Crippen LogP contribution in [0.3, 0.4) is 0 Å². The largest absolute Gasteiger partial charge is 0.469 e. The molecule has 0 unspecified atom stereocenters. The van der Waals surface area contributed by atoms with Gasteiger partial charge in [0.15, 0.2) is 5.69 Å². The SMILES string of the molecule is COC(=O)C1CCC(Nc2ccc(C(N)=O)nn2)CC1. The number of methoxy groups -OCH3 is 1. The zero-order valence-electron chi connectivity index (χ0n) is 11.3. The van der Waals surface area contributed by atoms with E-state index in [1.54, 1.807) is 6.07 Å². The number of nitrogens with zero attached hydrogens (tertiary/aromatic N) is 2. The number of carbonyl (C=O) groups excluding carboxylic acids is 2. The summed E-state index contributed by atoms with van der Waals surface area (Å²) in [6, 6.07) is 3.47. The number of nitrogens with one attached hydrogen (secondary N) is 1. The summed E-state index contributed by atoms with van der Waals surface area (Å²) in [5.41, 5.74) is 5.24. The van der Waals surface area contributed by atoms with Crippen LogP contribution in [0.15, 0.2) is 12.1 Å². The number of esters is 1. The Morgan fingerprint density at radius 1 is 1.25 bits per heavy atom. The van der Waals surface area contributed by atoms with Crippen LogP contribution in [0.25, 0.3) is 0 Å². The van der Waals surface area contributed by atoms with Crippen molar-refractivity contribution in [2.45, 2.75) is 31.7 Å². The van der Waals surface area contributed by atoms with Crippen LogP contribution in [-0.4, -0.2) is 35.2 Å². The van der Waals surface area contributed by atoms with Crippen molar-refractivity contribution in [3.05, 3.63) is 17.8 Å². The topological polar surface area (TPSA) is 107 Å². The van der Waals surface area contributed by atoms with Crippen molar-refractivity contribution in [3.8, 4) is 0 Å². The average Bonchev–Trinajstić information content (AvgIpc) is 2.48. The van der Waals surface area contributed by atoms with Crippen molar-refractivity contribution in [3.63, 3.8) is 0 Å². The van der Waals surface area contributed by atoms with Gasteiger partial charge in [0.05, 0.1) is 13.0 Å². The van der Waals surface area contributed by atoms with E-state index in [0.717, 1.165) is 25.7 Å². The van der Waals surface area contributed by atoms with Gasteiger partial charge >= 0.3 is 5.97 Å². The highest BCUT2D eigenvalue weighted by atomic mass is 16.5. The molecule has 7 nitrogen and oxygen atoms in total. The predicted molar refractivity (Wildman–Crippen MR) is 71.9 cm³/mol. The zero-order valence-corrected chi connectivity index (χ0v) is 11.3. The zero-order chi connectivity index (χ0) is 14.5. The molecule has 1 aromatic rings. The smallest absolute Gasteiger partial charge is 0.308 e. The van der Waals surface area contributed by atoms with Crippen LogP contribution in [0.2, 0.25) is 0 Å². The van der Waals surface area contributed by atoms with Crippen LogP contribution in [0.5, 0.6) is 0 Å². The number of primary amides is 1. The van der Waals surface area contributed by atoms with E-state index in [0.29, 0.717) is 5.82 Å². The summed E-state index contributed by atoms with van der Waals surface area (Å²) in [6.07, 6.45) is 3.35. The van der Waals surface area contributed by atoms with Gasteiger partial charge in [0.2, 0.25) is 0 Å². The second-order valence-electron chi connectivity index (χ2n) is 4.88. The minimum absolute atomic E-state index is 0.00127. The van der Waals surface area contributed by atoms with E-state index >= 15 is 0 Å². The Balaban J connectivity index is 1.86. The summed E-state index contributed by atoms with van der Waals surface area (Å²) in [5, 5.41) is 10.9. The third kappa shape index (κ3) is 3.43. The Labute approximate surface area is 116 Å². The number of nitrogens with two attached hydrogens (primary N) is 1. The molecule has 108 valence electrons. The van der Waals surface area contributed by atoms with Crippen LogP contribution in [0, 0.1) is 5.92 Å². The molecule has 1 heterocycles. The summed E-state index contributed by atoms with van der Waals surface area (Å²) in [4.78, 5) is 22.3. The van der Waals surface area contributed by atoms with Crippen LogP contribution in [0.1, 0.15) is 36.2 Å². The van der Waals surface area contributed by atoms with Crippen LogP contribution < -0.4 is 11.1 Å². The maximum atomic E-state index is 11.4. The molecule has 1 aliphatic rings. The third-order valence-corrected chi connectivity index (χ3v) is 3.53. The van der Waals surface area contributed by atoms with Crippen molar-refractivity contribution >= 4 is 17.7 Å². The first-order chi connectivity index (χ1) is 9.60. The molecule has 2 rings (SSSR count). The predicted octanol–water partition coefficient (Wildman–Crippen LogP) is 0.719. The number of hydrogen-bond donors (Lipinski definition) is 2. The highest BCUT2D eigenvalue weighted by molar-refractivity contribution is 5.90. The van der Waals surface area contributed by atoms with Gasteiger partial charge in [0.1, 0.15) is 5.82 Å². The van der Waals surface area contributed by atoms with Crippen LogP contribution >= 0.6 is 0 Å². The van der Waals surface area contributed by atoms with Crippen molar-refractivity contribution in [1.82, 2.24) is 10.2 Å². The molecule has 1 fully saturated rings. The van der Waals surface area contributed by atoms with Gasteiger partial charge in [-0.25, -0.2) is 0 Å². The lowest BCUT2D eigenvalue weighted by Gasteiger charge is -2.27. The Morgan fingerprint density at radius 3 is 2.45 bits per heavy atom. The maximum absolute atomic E-state index is 11.4. The molecule has 0 bridgehead atoms. The highest BCUT2D eigenvalue weighted by Gasteiger charge is 2.26. The number of anilines is 1. The summed E-state index contributed by atoms with van der Waals surface area (Å²) in [6.45, 7) is 0. The van der Waals surface area contributed by atoms with Gasteiger partial charge in [-0.1, -0.05) is 0 Å². The van der Waals surface area contributed by atoms with E-state index in [9.17, 15) is 9.59 Å². The van der Waals surface area contributed by atoms with Crippen LogP contribution in [0.4, 0.5) is 5.82 Å². The normalized spacial score (nSPS) is 22.1. The number of aromatic nitrogens is 2. The number of carbonyl (C=O) groups is 2. The Morgan fingerprint density at radius 2 is 1.95 bits per heavy atom. The summed E-state index contributed by atoms with van der Waals surface area (Å²) in [7, 11) is 1.42. The highest BCUT2D eigenvalue weighted by Crippen LogP contribution is 2.26. The summed E-state index contributed by atoms with van der Waals surface area (Å²) < 4.78 is 4.75. The lowest BCUT2D eigenvalue weighted by molar-refractivity contribution is -0.146. The molecule has 3 N–H and O–H groups in total. The van der Waals surface area contributed by atoms with Gasteiger partial charge in [0, 0.05) is 6.04 Å². The van der Waals surface area contributed by atoms with Gasteiger partial charge in [0.25, 0.3) is 5.91 Å². The molecule has 20 heavy (non-hydrogen) atoms. The number of hydrogen-bond acceptors (Lipinski definition) is 6. The van der Waals surface area contributed by atoms with Gasteiger partial charge in [-0.2, -0.15) is 0 Å². The van der Waals surface area contributed by atoms with E-state index in [2.05, 4.69) is 15.5 Å². The van der Waals surface area contributed by atoms with Gasteiger partial charge < -0.3 is 15.8 Å². The summed E-state index contributed by atoms with van der Waals surface area (Å²) in [5.74, 6) is -0.116. The fourth-order valence-electron chi connectivity index (χ4n) is 2.39. The van der Waals surface area contributed by atoms with E-state index in [4.69, 9.17) is 10.5 Å². The monoisotopic (exact) mass is 278 g/mol. The van der Waals surface area contributed by atoms with Crippen molar-refractivity contribution in [2.75, 3.05) is 12.4 Å². The average molecular weight is 278 g/mol. The van der Waals surface area contributed by atoms with E-state index in [1.165, 1.54) is 13.2 Å². The molecule has 7 heteroatoms. The number of amides is 1. The molecular formula is C13H18N4O3. The molecule has 0 aromatic carbocycles. The lowest BCUT2D eigenvalue weighted by atomic mass is 9.86. The molecule has 1 amide bonds. The first-order valence-corrected chi connectivity index (χ1v) is 6.58. The quantitative estimate of drug-likeness (QED) is 0.786. The third-order valence-electron chi connectivity index (χ3n) is 3.53. The first kappa shape index (κ1) is 14.2. The molecular weight excluding hydrogens is 260 g/mol. The Kier molecular flexibility index (Phi) is 4.49. The van der Waals surface area contributed by atoms with Crippen molar-refractivity contribution < 1.29 is 14.3 Å². The molecule has 1 aromatic heterocycles. The fraction of sp³-hybridized carbons (Fsp3) is 0.538. The van der Waals surface area contributed by atoms with E-state index in [1.807, 2.05) is 0 Å². The van der Waals surface area contributed by atoms with Crippen LogP contribution in [-0.2, 0) is 9.53 Å². The number of rotatable bonds is 4. The molecule has 0 saturated heterocycles. The van der Waals surface area contributed by atoms with Gasteiger partial charge in [-0.3, -0.25) is 9.59 Å².